The van der Waals surface area contributed by atoms with Crippen molar-refractivity contribution in [2.45, 2.75) is 9.92 Å². The minimum atomic E-state index is -3.53. The normalized spacial score (nSPS) is 11.7. The summed E-state index contributed by atoms with van der Waals surface area (Å²) in [5.41, 5.74) is 1.05. The lowest BCUT2D eigenvalue weighted by molar-refractivity contribution is -0.683. The third kappa shape index (κ3) is 2.99. The number of benzene rings is 2. The van der Waals surface area contributed by atoms with Gasteiger partial charge in [0, 0.05) is 29.5 Å². The van der Waals surface area contributed by atoms with Crippen LogP contribution in [0, 0.1) is 0 Å². The van der Waals surface area contributed by atoms with Crippen LogP contribution in [0.1, 0.15) is 0 Å². The van der Waals surface area contributed by atoms with Crippen molar-refractivity contribution in [3.8, 4) is 0 Å². The zero-order chi connectivity index (χ0) is 15.6. The lowest BCUT2D eigenvalue weighted by Crippen LogP contribution is -2.33. The van der Waals surface area contributed by atoms with Crippen LogP contribution in [0.15, 0.2) is 76.7 Å². The molecule has 22 heavy (non-hydrogen) atoms. The Morgan fingerprint density at radius 1 is 0.909 bits per heavy atom. The Balaban J connectivity index is 1.87. The summed E-state index contributed by atoms with van der Waals surface area (Å²) in [6.45, 7) is 0. The van der Waals surface area contributed by atoms with E-state index < -0.39 is 10.0 Å². The summed E-state index contributed by atoms with van der Waals surface area (Å²) in [6.07, 6.45) is 0. The molecule has 0 aliphatic rings. The molecule has 3 aromatic rings. The van der Waals surface area contributed by atoms with E-state index >= 15 is 0 Å². The minimum absolute atomic E-state index is 0.256. The first-order valence-corrected chi connectivity index (χ1v) is 8.99. The molecule has 3 rings (SSSR count). The summed E-state index contributed by atoms with van der Waals surface area (Å²) in [6, 6.07) is 20.2. The van der Waals surface area contributed by atoms with Gasteiger partial charge in [-0.25, -0.2) is 8.42 Å². The molecule has 112 valence electrons. The third-order valence-electron chi connectivity index (χ3n) is 3.34. The topological polar surface area (TPSA) is 50.1 Å². The first-order valence-electron chi connectivity index (χ1n) is 6.69. The fourth-order valence-electron chi connectivity index (χ4n) is 2.17. The van der Waals surface area contributed by atoms with Gasteiger partial charge in [0.2, 0.25) is 15.5 Å². The maximum Gasteiger partial charge on any atom is 0.256 e. The molecule has 0 amide bonds. The van der Waals surface area contributed by atoms with Crippen molar-refractivity contribution in [2.75, 3.05) is 0 Å². The number of hydrogen-bond donors (Lipinski definition) is 1. The van der Waals surface area contributed by atoms with E-state index in [4.69, 9.17) is 0 Å². The van der Waals surface area contributed by atoms with Crippen molar-refractivity contribution in [2.24, 2.45) is 7.05 Å². The molecule has 0 saturated carbocycles. The first kappa shape index (κ1) is 15.0. The van der Waals surface area contributed by atoms with Gasteiger partial charge in [0.05, 0.1) is 4.90 Å². The van der Waals surface area contributed by atoms with Crippen molar-refractivity contribution in [3.63, 3.8) is 0 Å². The molecule has 2 aromatic carbocycles. The standard InChI is InChI=1S/C16H15N2O2S2/c1-18-15-10-6-5-7-13(15)11-12-16(18)21-17-22(19,20)14-8-3-2-4-9-14/h2-12,17H,1H3/q+1. The Labute approximate surface area is 134 Å². The third-order valence-corrected chi connectivity index (χ3v) is 6.07. The van der Waals surface area contributed by atoms with Crippen LogP contribution in [0.2, 0.25) is 0 Å². The molecule has 0 atom stereocenters. The van der Waals surface area contributed by atoms with Crippen LogP contribution in [0.25, 0.3) is 10.9 Å². The number of pyridine rings is 1. The highest BCUT2D eigenvalue weighted by molar-refractivity contribution is 8.09. The molecular formula is C16H15N2O2S2+. The Morgan fingerprint density at radius 3 is 2.36 bits per heavy atom. The molecule has 1 aromatic heterocycles. The Kier molecular flexibility index (Phi) is 4.15. The van der Waals surface area contributed by atoms with Gasteiger partial charge in [0.25, 0.3) is 5.03 Å². The highest BCUT2D eigenvalue weighted by atomic mass is 32.3. The molecule has 1 N–H and O–H groups in total. The summed E-state index contributed by atoms with van der Waals surface area (Å²) in [5.74, 6) is 0. The second kappa shape index (κ2) is 6.08. The summed E-state index contributed by atoms with van der Waals surface area (Å²) >= 11 is 1.09. The van der Waals surface area contributed by atoms with E-state index in [1.54, 1.807) is 30.3 Å². The van der Waals surface area contributed by atoms with Gasteiger partial charge >= 0.3 is 0 Å². The Hall–Kier alpha value is -1.89. The van der Waals surface area contributed by atoms with Crippen LogP contribution in [-0.4, -0.2) is 8.42 Å². The average Bonchev–Trinajstić information content (AvgIpc) is 2.55. The van der Waals surface area contributed by atoms with Crippen molar-refractivity contribution >= 4 is 32.9 Å². The molecule has 1 heterocycles. The van der Waals surface area contributed by atoms with E-state index in [9.17, 15) is 8.42 Å². The Morgan fingerprint density at radius 2 is 1.59 bits per heavy atom. The largest absolute Gasteiger partial charge is 0.256 e. The number of rotatable bonds is 4. The van der Waals surface area contributed by atoms with Crippen LogP contribution >= 0.6 is 11.9 Å². The number of sulfonamides is 1. The molecule has 0 bridgehead atoms. The van der Waals surface area contributed by atoms with Crippen LogP contribution in [0.5, 0.6) is 0 Å². The SMILES string of the molecule is C[n+]1c(SNS(=O)(=O)c2ccccc2)ccc2ccccc21. The molecular weight excluding hydrogens is 316 g/mol. The zero-order valence-corrected chi connectivity index (χ0v) is 13.6. The van der Waals surface area contributed by atoms with Crippen molar-refractivity contribution in [1.29, 1.82) is 0 Å². The quantitative estimate of drug-likeness (QED) is 0.591. The summed E-state index contributed by atoms with van der Waals surface area (Å²) in [4.78, 5) is 0.256. The van der Waals surface area contributed by atoms with Crippen molar-refractivity contribution < 1.29 is 13.0 Å². The number of fused-ring (bicyclic) bond motifs is 1. The molecule has 0 saturated heterocycles. The summed E-state index contributed by atoms with van der Waals surface area (Å²) in [5, 5.41) is 1.93. The van der Waals surface area contributed by atoms with Gasteiger partial charge in [-0.1, -0.05) is 30.3 Å². The Bertz CT molecular complexity index is 910. The average molecular weight is 331 g/mol. The van der Waals surface area contributed by atoms with Gasteiger partial charge in [0.15, 0.2) is 0 Å². The fourth-order valence-corrected chi connectivity index (χ4v) is 4.23. The number of para-hydroxylation sites is 1. The van der Waals surface area contributed by atoms with Gasteiger partial charge in [-0.05, 0) is 24.3 Å². The first-order chi connectivity index (χ1) is 10.6. The van der Waals surface area contributed by atoms with Crippen molar-refractivity contribution in [3.05, 3.63) is 66.7 Å². The van der Waals surface area contributed by atoms with E-state index in [0.717, 1.165) is 27.9 Å². The molecule has 0 radical (unpaired) electrons. The van der Waals surface area contributed by atoms with Crippen LogP contribution in [0.4, 0.5) is 0 Å². The van der Waals surface area contributed by atoms with E-state index in [-0.39, 0.29) is 4.90 Å². The molecule has 0 spiro atoms. The number of nitrogens with one attached hydrogen (secondary N) is 1. The number of aromatic nitrogens is 1. The van der Waals surface area contributed by atoms with Gasteiger partial charge in [-0.2, -0.15) is 4.57 Å². The highest BCUT2D eigenvalue weighted by Crippen LogP contribution is 2.18. The lowest BCUT2D eigenvalue weighted by atomic mass is 10.2. The molecule has 0 unspecified atom stereocenters. The number of hydrogen-bond acceptors (Lipinski definition) is 3. The smallest absolute Gasteiger partial charge is 0.206 e. The maximum atomic E-state index is 12.2. The molecule has 0 aliphatic carbocycles. The second-order valence-corrected chi connectivity index (χ2v) is 7.56. The van der Waals surface area contributed by atoms with Crippen LogP contribution in [0.3, 0.4) is 0 Å². The van der Waals surface area contributed by atoms with E-state index in [0.29, 0.717) is 0 Å². The predicted molar refractivity (Wildman–Crippen MR) is 87.7 cm³/mol. The molecule has 0 fully saturated rings. The monoisotopic (exact) mass is 331 g/mol. The van der Waals surface area contributed by atoms with Gasteiger partial charge in [-0.3, -0.25) is 0 Å². The van der Waals surface area contributed by atoms with E-state index in [2.05, 4.69) is 4.13 Å². The van der Waals surface area contributed by atoms with E-state index in [1.807, 2.05) is 48.0 Å². The zero-order valence-electron chi connectivity index (χ0n) is 11.9. The van der Waals surface area contributed by atoms with Crippen LogP contribution in [-0.2, 0) is 17.1 Å². The molecule has 4 nitrogen and oxygen atoms in total. The predicted octanol–water partition coefficient (Wildman–Crippen LogP) is 2.65. The summed E-state index contributed by atoms with van der Waals surface area (Å²) < 4.78 is 29.0. The van der Waals surface area contributed by atoms with Gasteiger partial charge in [-0.15, -0.1) is 4.13 Å². The molecule has 6 heteroatoms. The van der Waals surface area contributed by atoms with E-state index in [1.165, 1.54) is 0 Å². The minimum Gasteiger partial charge on any atom is -0.206 e. The van der Waals surface area contributed by atoms with Crippen LogP contribution < -0.4 is 8.69 Å². The van der Waals surface area contributed by atoms with Gasteiger partial charge < -0.3 is 0 Å². The fraction of sp³-hybridized carbons (Fsp3) is 0.0625. The highest BCUT2D eigenvalue weighted by Gasteiger charge is 2.18. The second-order valence-electron chi connectivity index (χ2n) is 4.79. The number of nitrogens with zero attached hydrogens (tertiary/aromatic N) is 1. The summed E-state index contributed by atoms with van der Waals surface area (Å²) in [7, 11) is -1.61. The lowest BCUT2D eigenvalue weighted by Gasteiger charge is -2.06. The molecule has 0 aliphatic heterocycles. The van der Waals surface area contributed by atoms with Gasteiger partial charge in [0.1, 0.15) is 7.05 Å². The van der Waals surface area contributed by atoms with Crippen molar-refractivity contribution in [1.82, 2.24) is 4.13 Å². The maximum absolute atomic E-state index is 12.2. The number of aryl methyl sites for hydroxylation is 1.